The fraction of sp³-hybridized carbons (Fsp3) is 0.261. The Balaban J connectivity index is 1.18. The number of nitrogens with zero attached hydrogens (tertiary/aromatic N) is 1. The maximum atomic E-state index is 7.23. The lowest BCUT2D eigenvalue weighted by Gasteiger charge is -2.04. The van der Waals surface area contributed by atoms with E-state index in [9.17, 15) is 0 Å². The van der Waals surface area contributed by atoms with Crippen molar-refractivity contribution in [3.63, 3.8) is 0 Å². The zero-order chi connectivity index (χ0) is 18.2. The molecule has 27 heavy (non-hydrogen) atoms. The summed E-state index contributed by atoms with van der Waals surface area (Å²) in [4.78, 5) is 10.3. The summed E-state index contributed by atoms with van der Waals surface area (Å²) in [5, 5.41) is 6.19. The van der Waals surface area contributed by atoms with Crippen molar-refractivity contribution >= 4 is 27.5 Å². The van der Waals surface area contributed by atoms with Gasteiger partial charge in [-0.15, -0.1) is 0 Å². The first-order chi connectivity index (χ1) is 13.3. The van der Waals surface area contributed by atoms with Crippen molar-refractivity contribution in [2.75, 3.05) is 13.1 Å². The fourth-order valence-corrected chi connectivity index (χ4v) is 4.21. The van der Waals surface area contributed by atoms with Gasteiger partial charge in [0.05, 0.1) is 6.57 Å². The minimum Gasteiger partial charge on any atom is -0.361 e. The number of H-pyrrole nitrogens is 2. The summed E-state index contributed by atoms with van der Waals surface area (Å²) in [6, 6.07) is 14.4. The van der Waals surface area contributed by atoms with E-state index in [0.29, 0.717) is 11.8 Å². The average Bonchev–Trinajstić information content (AvgIpc) is 3.16. The van der Waals surface area contributed by atoms with Gasteiger partial charge in [0.15, 0.2) is 5.69 Å². The topological polar surface area (TPSA) is 48.0 Å². The molecule has 134 valence electrons. The smallest absolute Gasteiger partial charge is 0.187 e. The van der Waals surface area contributed by atoms with Gasteiger partial charge in [-0.05, 0) is 72.5 Å². The fourth-order valence-electron chi connectivity index (χ4n) is 4.21. The predicted molar refractivity (Wildman–Crippen MR) is 110 cm³/mol. The molecule has 4 aromatic rings. The molecule has 0 saturated heterocycles. The lowest BCUT2D eigenvalue weighted by Crippen LogP contribution is -2.20. The molecule has 5 rings (SSSR count). The molecule has 1 fully saturated rings. The van der Waals surface area contributed by atoms with Crippen LogP contribution in [0.3, 0.4) is 0 Å². The number of hydrogen-bond acceptors (Lipinski definition) is 1. The van der Waals surface area contributed by atoms with Gasteiger partial charge >= 0.3 is 0 Å². The molecule has 0 aliphatic heterocycles. The van der Waals surface area contributed by atoms with Crippen molar-refractivity contribution in [2.45, 2.75) is 18.8 Å². The Morgan fingerprint density at radius 1 is 1.04 bits per heavy atom. The number of rotatable bonds is 6. The zero-order valence-corrected chi connectivity index (χ0v) is 15.1. The molecular weight excluding hydrogens is 332 g/mol. The predicted octanol–water partition coefficient (Wildman–Crippen LogP) is 5.14. The Morgan fingerprint density at radius 3 is 2.81 bits per heavy atom. The van der Waals surface area contributed by atoms with Gasteiger partial charge in [0, 0.05) is 28.8 Å². The highest BCUT2D eigenvalue weighted by Crippen LogP contribution is 2.49. The lowest BCUT2D eigenvalue weighted by atomic mass is 10.1. The van der Waals surface area contributed by atoms with E-state index < -0.39 is 0 Å². The number of fused-ring (bicyclic) bond motifs is 2. The van der Waals surface area contributed by atoms with Gasteiger partial charge in [-0.1, -0.05) is 24.3 Å². The van der Waals surface area contributed by atoms with Gasteiger partial charge in [-0.2, -0.15) is 0 Å². The second kappa shape index (κ2) is 6.61. The number of benzene rings is 2. The largest absolute Gasteiger partial charge is 0.361 e. The average molecular weight is 354 g/mol. The van der Waals surface area contributed by atoms with Crippen molar-refractivity contribution in [3.8, 4) is 0 Å². The standard InChI is InChI=1S/C23H22N4/c1-24-17-6-7-23-20(11-17)21(14-27-23)19-10-16(19)12-25-9-8-15-13-26-22-5-3-2-4-18(15)22/h2-7,11,13-14,16,19,25-27H,8-10,12H2. The second-order valence-corrected chi connectivity index (χ2v) is 7.50. The first-order valence-corrected chi connectivity index (χ1v) is 9.57. The summed E-state index contributed by atoms with van der Waals surface area (Å²) in [5.41, 5.74) is 5.83. The molecule has 0 amide bonds. The normalized spacial score (nSPS) is 18.8. The third-order valence-corrected chi connectivity index (χ3v) is 5.80. The number of hydrogen-bond donors (Lipinski definition) is 3. The van der Waals surface area contributed by atoms with Gasteiger partial charge in [0.2, 0.25) is 0 Å². The van der Waals surface area contributed by atoms with Crippen LogP contribution in [0.15, 0.2) is 54.9 Å². The third-order valence-electron chi connectivity index (χ3n) is 5.80. The molecule has 4 nitrogen and oxygen atoms in total. The van der Waals surface area contributed by atoms with Crippen molar-refractivity contribution in [3.05, 3.63) is 77.4 Å². The van der Waals surface area contributed by atoms with Crippen LogP contribution in [0, 0.1) is 12.5 Å². The first kappa shape index (κ1) is 16.2. The summed E-state index contributed by atoms with van der Waals surface area (Å²) in [5.74, 6) is 1.31. The van der Waals surface area contributed by atoms with E-state index in [2.05, 4.69) is 56.8 Å². The van der Waals surface area contributed by atoms with Crippen LogP contribution < -0.4 is 5.32 Å². The summed E-state index contributed by atoms with van der Waals surface area (Å²) in [6.07, 6.45) is 6.54. The van der Waals surface area contributed by atoms with Crippen LogP contribution in [0.2, 0.25) is 0 Å². The Kier molecular flexibility index (Phi) is 3.95. The van der Waals surface area contributed by atoms with Crippen LogP contribution in [0.1, 0.15) is 23.5 Å². The number of nitrogens with one attached hydrogen (secondary N) is 3. The van der Waals surface area contributed by atoms with Crippen molar-refractivity contribution in [1.82, 2.24) is 15.3 Å². The molecule has 0 bridgehead atoms. The van der Waals surface area contributed by atoms with E-state index in [1.54, 1.807) is 0 Å². The van der Waals surface area contributed by atoms with Crippen molar-refractivity contribution < 1.29 is 0 Å². The summed E-state index contributed by atoms with van der Waals surface area (Å²) >= 11 is 0. The van der Waals surface area contributed by atoms with E-state index in [0.717, 1.165) is 30.7 Å². The number of para-hydroxylation sites is 1. The van der Waals surface area contributed by atoms with Gasteiger partial charge in [0.1, 0.15) is 0 Å². The highest BCUT2D eigenvalue weighted by atomic mass is 14.9. The van der Waals surface area contributed by atoms with Crippen LogP contribution in [0.4, 0.5) is 5.69 Å². The lowest BCUT2D eigenvalue weighted by molar-refractivity contribution is 0.628. The van der Waals surface area contributed by atoms with Gasteiger partial charge in [-0.3, -0.25) is 0 Å². The minimum absolute atomic E-state index is 0.611. The maximum absolute atomic E-state index is 7.23. The Bertz CT molecular complexity index is 1140. The monoisotopic (exact) mass is 354 g/mol. The first-order valence-electron chi connectivity index (χ1n) is 9.57. The summed E-state index contributed by atoms with van der Waals surface area (Å²) in [7, 11) is 0. The van der Waals surface area contributed by atoms with E-state index in [1.165, 1.54) is 33.8 Å². The molecule has 1 aliphatic rings. The molecular formula is C23H22N4. The number of aromatic amines is 2. The Labute approximate surface area is 158 Å². The van der Waals surface area contributed by atoms with Crippen LogP contribution in [0.5, 0.6) is 0 Å². The van der Waals surface area contributed by atoms with Crippen LogP contribution in [0.25, 0.3) is 26.7 Å². The zero-order valence-electron chi connectivity index (χ0n) is 15.1. The molecule has 2 aromatic heterocycles. The molecule has 1 aliphatic carbocycles. The van der Waals surface area contributed by atoms with E-state index in [1.807, 2.05) is 18.2 Å². The van der Waals surface area contributed by atoms with Crippen LogP contribution >= 0.6 is 0 Å². The molecule has 2 atom stereocenters. The van der Waals surface area contributed by atoms with Crippen LogP contribution in [-0.4, -0.2) is 23.1 Å². The van der Waals surface area contributed by atoms with Gasteiger partial charge < -0.3 is 15.3 Å². The van der Waals surface area contributed by atoms with Gasteiger partial charge in [0.25, 0.3) is 0 Å². The van der Waals surface area contributed by atoms with Gasteiger partial charge in [-0.25, -0.2) is 4.85 Å². The molecule has 2 unspecified atom stereocenters. The third kappa shape index (κ3) is 3.01. The molecule has 0 radical (unpaired) electrons. The molecule has 1 saturated carbocycles. The molecule has 2 heterocycles. The summed E-state index contributed by atoms with van der Waals surface area (Å²) < 4.78 is 0. The Hall–Kier alpha value is -3.03. The summed E-state index contributed by atoms with van der Waals surface area (Å²) in [6.45, 7) is 9.29. The highest BCUT2D eigenvalue weighted by molar-refractivity contribution is 5.87. The second-order valence-electron chi connectivity index (χ2n) is 7.50. The van der Waals surface area contributed by atoms with Crippen molar-refractivity contribution in [2.24, 2.45) is 5.92 Å². The number of aromatic nitrogens is 2. The van der Waals surface area contributed by atoms with Crippen molar-refractivity contribution in [1.29, 1.82) is 0 Å². The highest BCUT2D eigenvalue weighted by Gasteiger charge is 2.39. The molecule has 4 heteroatoms. The SMILES string of the molecule is [C-]#[N+]c1ccc2[nH]cc(C3CC3CNCCc3c[nH]c4ccccc34)c2c1. The quantitative estimate of drug-likeness (QED) is 0.326. The van der Waals surface area contributed by atoms with E-state index in [-0.39, 0.29) is 0 Å². The van der Waals surface area contributed by atoms with E-state index >= 15 is 0 Å². The van der Waals surface area contributed by atoms with Crippen LogP contribution in [-0.2, 0) is 6.42 Å². The van der Waals surface area contributed by atoms with E-state index in [4.69, 9.17) is 6.57 Å². The minimum atomic E-state index is 0.611. The Morgan fingerprint density at radius 2 is 1.89 bits per heavy atom. The maximum Gasteiger partial charge on any atom is 0.187 e. The molecule has 3 N–H and O–H groups in total. The molecule has 2 aromatic carbocycles. The molecule has 0 spiro atoms.